The fourth-order valence-corrected chi connectivity index (χ4v) is 6.06. The first-order valence-electron chi connectivity index (χ1n) is 13.4. The van der Waals surface area contributed by atoms with E-state index < -0.39 is 33.2 Å². The maximum Gasteiger partial charge on any atom is 0.416 e. The molecule has 4 aromatic rings. The van der Waals surface area contributed by atoms with Crippen LogP contribution < -0.4 is 10.9 Å². The van der Waals surface area contributed by atoms with Gasteiger partial charge >= 0.3 is 6.18 Å². The van der Waals surface area contributed by atoms with E-state index in [0.717, 1.165) is 29.2 Å². The Morgan fingerprint density at radius 2 is 1.67 bits per heavy atom. The number of aliphatic imine (C=N–C) groups is 1. The van der Waals surface area contributed by atoms with Crippen molar-refractivity contribution in [2.75, 3.05) is 25.0 Å². The summed E-state index contributed by atoms with van der Waals surface area (Å²) in [6.45, 7) is 6.60. The smallest absolute Gasteiger partial charge is 0.416 e. The van der Waals surface area contributed by atoms with Crippen molar-refractivity contribution in [3.05, 3.63) is 88.2 Å². The molecule has 222 valence electrons. The summed E-state index contributed by atoms with van der Waals surface area (Å²) in [6.07, 6.45) is -2.59. The maximum absolute atomic E-state index is 13.4. The second-order valence-corrected chi connectivity index (χ2v) is 11.4. The molecular formula is C30H31F3N4O4S. The minimum atomic E-state index is -4.66. The highest BCUT2D eigenvalue weighted by atomic mass is 32.2. The number of rotatable bonds is 10. The average Bonchev–Trinajstić information content (AvgIpc) is 2.96. The van der Waals surface area contributed by atoms with Crippen molar-refractivity contribution in [1.82, 2.24) is 8.87 Å². The standard InChI is InChI=1S/C30H31F3N4O4S/c1-4-16-34-26-15-14-22(42(40,41)36(5-2)6-3)18-27(26)35-19-25-23-12-7-8-13-24(23)28(38)37(29(25)39)21-11-9-10-20(17-21)30(31,32)33/h7-15,17-19,34,39H,4-6,16H2,1-3H3. The lowest BCUT2D eigenvalue weighted by molar-refractivity contribution is -0.137. The molecule has 0 radical (unpaired) electrons. The molecular weight excluding hydrogens is 569 g/mol. The number of hydrogen-bond donors (Lipinski definition) is 2. The molecule has 0 atom stereocenters. The van der Waals surface area contributed by atoms with Gasteiger partial charge in [-0.2, -0.15) is 17.5 Å². The summed E-state index contributed by atoms with van der Waals surface area (Å²) in [5.41, 5.74) is -0.991. The molecule has 0 bridgehead atoms. The molecule has 0 aliphatic carbocycles. The van der Waals surface area contributed by atoms with E-state index in [1.807, 2.05) is 6.92 Å². The second-order valence-electron chi connectivity index (χ2n) is 9.42. The van der Waals surface area contributed by atoms with Crippen molar-refractivity contribution < 1.29 is 26.7 Å². The van der Waals surface area contributed by atoms with Crippen LogP contribution in [-0.2, 0) is 16.2 Å². The van der Waals surface area contributed by atoms with Crippen LogP contribution >= 0.6 is 0 Å². The van der Waals surface area contributed by atoms with E-state index >= 15 is 0 Å². The largest absolute Gasteiger partial charge is 0.494 e. The van der Waals surface area contributed by atoms with E-state index in [9.17, 15) is 31.5 Å². The predicted molar refractivity (Wildman–Crippen MR) is 159 cm³/mol. The molecule has 0 fully saturated rings. The van der Waals surface area contributed by atoms with Gasteiger partial charge in [-0.3, -0.25) is 9.79 Å². The molecule has 0 unspecified atom stereocenters. The fourth-order valence-electron chi connectivity index (χ4n) is 4.58. The van der Waals surface area contributed by atoms with Crippen LogP contribution in [0.25, 0.3) is 16.5 Å². The Bertz CT molecular complexity index is 1800. The van der Waals surface area contributed by atoms with E-state index in [4.69, 9.17) is 0 Å². The van der Waals surface area contributed by atoms with E-state index in [0.29, 0.717) is 17.6 Å². The zero-order valence-corrected chi connectivity index (χ0v) is 24.1. The molecule has 42 heavy (non-hydrogen) atoms. The van der Waals surface area contributed by atoms with Crippen LogP contribution in [0.5, 0.6) is 5.88 Å². The van der Waals surface area contributed by atoms with E-state index in [1.54, 1.807) is 38.1 Å². The molecule has 3 aromatic carbocycles. The molecule has 0 saturated heterocycles. The Kier molecular flexibility index (Phi) is 9.07. The number of pyridine rings is 1. The van der Waals surface area contributed by atoms with E-state index in [2.05, 4.69) is 10.3 Å². The number of nitrogens with zero attached hydrogens (tertiary/aromatic N) is 3. The molecule has 1 heterocycles. The Morgan fingerprint density at radius 1 is 0.976 bits per heavy atom. The van der Waals surface area contributed by atoms with Gasteiger partial charge in [-0.15, -0.1) is 0 Å². The van der Waals surface area contributed by atoms with Crippen LogP contribution in [0, 0.1) is 0 Å². The summed E-state index contributed by atoms with van der Waals surface area (Å²) in [5, 5.41) is 15.0. The van der Waals surface area contributed by atoms with Gasteiger partial charge < -0.3 is 10.4 Å². The summed E-state index contributed by atoms with van der Waals surface area (Å²) >= 11 is 0. The van der Waals surface area contributed by atoms with Gasteiger partial charge in [0.2, 0.25) is 15.9 Å². The molecule has 0 aliphatic heterocycles. The van der Waals surface area contributed by atoms with Gasteiger partial charge in [0.15, 0.2) is 0 Å². The Hall–Kier alpha value is -4.16. The number of benzene rings is 3. The Labute approximate surface area is 241 Å². The van der Waals surface area contributed by atoms with Crippen molar-refractivity contribution in [1.29, 1.82) is 0 Å². The van der Waals surface area contributed by atoms with Crippen molar-refractivity contribution in [2.45, 2.75) is 38.3 Å². The van der Waals surface area contributed by atoms with Gasteiger partial charge in [0.25, 0.3) is 5.56 Å². The number of aromatic hydroxyl groups is 1. The normalized spacial score (nSPS) is 12.5. The lowest BCUT2D eigenvalue weighted by Crippen LogP contribution is -2.30. The molecule has 8 nitrogen and oxygen atoms in total. The van der Waals surface area contributed by atoms with Crippen LogP contribution in [0.3, 0.4) is 0 Å². The van der Waals surface area contributed by atoms with Crippen LogP contribution in [0.1, 0.15) is 38.3 Å². The van der Waals surface area contributed by atoms with Gasteiger partial charge in [-0.1, -0.05) is 45.0 Å². The summed E-state index contributed by atoms with van der Waals surface area (Å²) in [4.78, 5) is 17.9. The maximum atomic E-state index is 13.4. The van der Waals surface area contributed by atoms with E-state index in [1.165, 1.54) is 34.8 Å². The summed E-state index contributed by atoms with van der Waals surface area (Å²) in [6, 6.07) is 15.0. The van der Waals surface area contributed by atoms with Crippen LogP contribution in [-0.4, -0.2) is 48.2 Å². The van der Waals surface area contributed by atoms with Gasteiger partial charge in [-0.25, -0.2) is 13.0 Å². The lowest BCUT2D eigenvalue weighted by atomic mass is 10.1. The monoisotopic (exact) mass is 600 g/mol. The molecule has 0 spiro atoms. The summed E-state index contributed by atoms with van der Waals surface area (Å²) in [5.74, 6) is -0.614. The van der Waals surface area contributed by atoms with Crippen molar-refractivity contribution in [3.8, 4) is 11.6 Å². The third kappa shape index (κ3) is 6.04. The number of halogens is 3. The molecule has 12 heteroatoms. The van der Waals surface area contributed by atoms with Gasteiger partial charge in [0.1, 0.15) is 0 Å². The topological polar surface area (TPSA) is 104 Å². The van der Waals surface area contributed by atoms with Gasteiger partial charge in [0.05, 0.1) is 33.1 Å². The van der Waals surface area contributed by atoms with Gasteiger partial charge in [0, 0.05) is 36.6 Å². The first-order chi connectivity index (χ1) is 19.9. The first kappa shape index (κ1) is 30.8. The van der Waals surface area contributed by atoms with Crippen LogP contribution in [0.2, 0.25) is 0 Å². The third-order valence-electron chi connectivity index (χ3n) is 6.75. The predicted octanol–water partition coefficient (Wildman–Crippen LogP) is 6.32. The SMILES string of the molecule is CCCNc1ccc(S(=O)(=O)N(CC)CC)cc1N=Cc1c(O)n(-c2cccc(C(F)(F)F)c2)c(=O)c2ccccc12. The third-order valence-corrected chi connectivity index (χ3v) is 8.79. The zero-order valence-electron chi connectivity index (χ0n) is 23.3. The van der Waals surface area contributed by atoms with Crippen molar-refractivity contribution >= 4 is 38.4 Å². The highest BCUT2D eigenvalue weighted by molar-refractivity contribution is 7.89. The summed E-state index contributed by atoms with van der Waals surface area (Å²) in [7, 11) is -3.81. The molecule has 2 N–H and O–H groups in total. The number of aromatic nitrogens is 1. The molecule has 0 saturated carbocycles. The van der Waals surface area contributed by atoms with E-state index in [-0.39, 0.29) is 40.3 Å². The molecule has 1 aromatic heterocycles. The quantitative estimate of drug-likeness (QED) is 0.208. The number of sulfonamides is 1. The number of hydrogen-bond acceptors (Lipinski definition) is 6. The second kappa shape index (κ2) is 12.4. The Balaban J connectivity index is 1.94. The summed E-state index contributed by atoms with van der Waals surface area (Å²) < 4.78 is 68.9. The molecule has 0 aliphatic rings. The highest BCUT2D eigenvalue weighted by Gasteiger charge is 2.31. The zero-order chi connectivity index (χ0) is 30.7. The van der Waals surface area contributed by atoms with Crippen LogP contribution in [0.15, 0.2) is 81.4 Å². The first-order valence-corrected chi connectivity index (χ1v) is 14.8. The van der Waals surface area contributed by atoms with Crippen molar-refractivity contribution in [2.24, 2.45) is 4.99 Å². The number of alkyl halides is 3. The number of anilines is 1. The van der Waals surface area contributed by atoms with Crippen LogP contribution in [0.4, 0.5) is 24.5 Å². The minimum Gasteiger partial charge on any atom is -0.494 e. The number of nitrogens with one attached hydrogen (secondary N) is 1. The molecule has 0 amide bonds. The minimum absolute atomic E-state index is 0.0309. The van der Waals surface area contributed by atoms with Crippen molar-refractivity contribution in [3.63, 3.8) is 0 Å². The lowest BCUT2D eigenvalue weighted by Gasteiger charge is -2.19. The fraction of sp³-hybridized carbons (Fsp3) is 0.267. The number of fused-ring (bicyclic) bond motifs is 1. The van der Waals surface area contributed by atoms with Gasteiger partial charge in [-0.05, 0) is 48.9 Å². The molecule has 4 rings (SSSR count). The Morgan fingerprint density at radius 3 is 2.31 bits per heavy atom. The highest BCUT2D eigenvalue weighted by Crippen LogP contribution is 2.34. The average molecular weight is 601 g/mol.